The van der Waals surface area contributed by atoms with Crippen molar-refractivity contribution in [2.45, 2.75) is 33.3 Å². The Kier molecular flexibility index (Phi) is 5.45. The molecule has 1 atom stereocenters. The van der Waals surface area contributed by atoms with E-state index in [2.05, 4.69) is 13.5 Å². The molecule has 0 aliphatic heterocycles. The Balaban J connectivity index is 2.69. The highest BCUT2D eigenvalue weighted by molar-refractivity contribution is 5.70. The lowest BCUT2D eigenvalue weighted by Crippen LogP contribution is -2.20. The van der Waals surface area contributed by atoms with Crippen LogP contribution >= 0.6 is 0 Å². The fourth-order valence-corrected chi connectivity index (χ4v) is 2.65. The third kappa shape index (κ3) is 3.51. The number of halogens is 1. The van der Waals surface area contributed by atoms with Gasteiger partial charge in [-0.2, -0.15) is 0 Å². The molecule has 3 heteroatoms. The van der Waals surface area contributed by atoms with Gasteiger partial charge in [-0.3, -0.25) is 0 Å². The van der Waals surface area contributed by atoms with Crippen molar-refractivity contribution in [2.24, 2.45) is 5.41 Å². The van der Waals surface area contributed by atoms with Gasteiger partial charge in [-0.25, -0.2) is 4.39 Å². The average molecular weight is 328 g/mol. The van der Waals surface area contributed by atoms with Crippen molar-refractivity contribution >= 4 is 0 Å². The molecule has 0 aromatic heterocycles. The summed E-state index contributed by atoms with van der Waals surface area (Å²) in [7, 11) is 1.55. The number of ether oxygens (including phenoxy) is 1. The second kappa shape index (κ2) is 7.18. The molecule has 2 rings (SSSR count). The number of aliphatic hydroxyl groups excluding tert-OH is 1. The molecule has 128 valence electrons. The molecule has 0 saturated heterocycles. The lowest BCUT2D eigenvalue weighted by atomic mass is 9.79. The fraction of sp³-hybridized carbons (Fsp3) is 0.333. The first kappa shape index (κ1) is 18.2. The van der Waals surface area contributed by atoms with E-state index in [1.54, 1.807) is 25.3 Å². The molecular formula is C21H25FO2. The minimum Gasteiger partial charge on any atom is -0.497 e. The fourth-order valence-electron chi connectivity index (χ4n) is 2.65. The number of hydrogen-bond donors (Lipinski definition) is 1. The number of hydrogen-bond acceptors (Lipinski definition) is 2. The molecule has 2 aromatic rings. The van der Waals surface area contributed by atoms with Gasteiger partial charge in [-0.1, -0.05) is 45.0 Å². The highest BCUT2D eigenvalue weighted by Crippen LogP contribution is 2.40. The predicted molar refractivity (Wildman–Crippen MR) is 96.7 cm³/mol. The molecule has 0 spiro atoms. The number of rotatable bonds is 6. The summed E-state index contributed by atoms with van der Waals surface area (Å²) < 4.78 is 19.7. The van der Waals surface area contributed by atoms with E-state index in [0.29, 0.717) is 22.4 Å². The zero-order chi connectivity index (χ0) is 17.9. The molecule has 0 radical (unpaired) electrons. The molecule has 0 unspecified atom stereocenters. The topological polar surface area (TPSA) is 29.5 Å². The van der Waals surface area contributed by atoms with E-state index in [-0.39, 0.29) is 5.82 Å². The molecule has 0 heterocycles. The number of benzene rings is 2. The van der Waals surface area contributed by atoms with Gasteiger partial charge in [0.25, 0.3) is 0 Å². The Morgan fingerprint density at radius 2 is 1.92 bits per heavy atom. The van der Waals surface area contributed by atoms with E-state index < -0.39 is 11.5 Å². The summed E-state index contributed by atoms with van der Waals surface area (Å²) in [6.07, 6.45) is 1.78. The standard InChI is InChI=1S/C21H25FO2/c1-6-14-8-10-16(17-13-15(24-5)9-11-19(17)22)18(12-14)20(23)21(3,4)7-2/h7-13,20,23H,2,6H2,1,3-5H3/t20-/m1/s1. The lowest BCUT2D eigenvalue weighted by Gasteiger charge is -2.29. The van der Waals surface area contributed by atoms with Gasteiger partial charge in [0, 0.05) is 11.0 Å². The second-order valence-electron chi connectivity index (χ2n) is 6.55. The minimum atomic E-state index is -0.790. The Morgan fingerprint density at radius 1 is 1.21 bits per heavy atom. The molecule has 0 aliphatic rings. The summed E-state index contributed by atoms with van der Waals surface area (Å²) in [6, 6.07) is 10.4. The Labute approximate surface area is 143 Å². The van der Waals surface area contributed by atoms with E-state index in [0.717, 1.165) is 12.0 Å². The van der Waals surface area contributed by atoms with E-state index in [1.807, 2.05) is 32.0 Å². The zero-order valence-corrected chi connectivity index (χ0v) is 14.8. The summed E-state index contributed by atoms with van der Waals surface area (Å²) in [5.74, 6) is 0.235. The molecule has 0 fully saturated rings. The minimum absolute atomic E-state index is 0.343. The summed E-state index contributed by atoms with van der Waals surface area (Å²) in [5.41, 5.74) is 2.36. The van der Waals surface area contributed by atoms with Crippen LogP contribution in [0.25, 0.3) is 11.1 Å². The van der Waals surface area contributed by atoms with Gasteiger partial charge in [0.15, 0.2) is 0 Å². The van der Waals surface area contributed by atoms with Gasteiger partial charge in [-0.05, 0) is 41.3 Å². The van der Waals surface area contributed by atoms with Crippen molar-refractivity contribution in [3.05, 3.63) is 66.0 Å². The first-order valence-electron chi connectivity index (χ1n) is 8.12. The molecule has 24 heavy (non-hydrogen) atoms. The van der Waals surface area contributed by atoms with Crippen LogP contribution in [0.4, 0.5) is 4.39 Å². The average Bonchev–Trinajstić information content (AvgIpc) is 2.61. The van der Waals surface area contributed by atoms with Gasteiger partial charge < -0.3 is 9.84 Å². The van der Waals surface area contributed by atoms with Crippen molar-refractivity contribution in [3.8, 4) is 16.9 Å². The van der Waals surface area contributed by atoms with Crippen molar-refractivity contribution < 1.29 is 14.2 Å². The first-order valence-corrected chi connectivity index (χ1v) is 8.12. The predicted octanol–water partition coefficient (Wildman–Crippen LogP) is 5.31. The summed E-state index contributed by atoms with van der Waals surface area (Å²) in [6.45, 7) is 9.69. The number of aliphatic hydroxyl groups is 1. The molecule has 0 bridgehead atoms. The number of aryl methyl sites for hydroxylation is 1. The summed E-state index contributed by atoms with van der Waals surface area (Å²) in [5, 5.41) is 10.9. The largest absolute Gasteiger partial charge is 0.497 e. The molecular weight excluding hydrogens is 303 g/mol. The third-order valence-electron chi connectivity index (χ3n) is 4.51. The van der Waals surface area contributed by atoms with Gasteiger partial charge in [0.05, 0.1) is 13.2 Å². The van der Waals surface area contributed by atoms with Crippen LogP contribution in [0.1, 0.15) is 38.0 Å². The first-order chi connectivity index (χ1) is 11.3. The van der Waals surface area contributed by atoms with Crippen LogP contribution < -0.4 is 4.74 Å². The second-order valence-corrected chi connectivity index (χ2v) is 6.55. The zero-order valence-electron chi connectivity index (χ0n) is 14.8. The van der Waals surface area contributed by atoms with Gasteiger partial charge >= 0.3 is 0 Å². The van der Waals surface area contributed by atoms with Crippen LogP contribution in [0, 0.1) is 11.2 Å². The highest BCUT2D eigenvalue weighted by Gasteiger charge is 2.29. The highest BCUT2D eigenvalue weighted by atomic mass is 19.1. The SMILES string of the molecule is C=CC(C)(C)[C@H](O)c1cc(CC)ccc1-c1cc(OC)ccc1F. The van der Waals surface area contributed by atoms with E-state index >= 15 is 0 Å². The maximum atomic E-state index is 14.4. The van der Waals surface area contributed by atoms with Crippen LogP contribution in [-0.4, -0.2) is 12.2 Å². The van der Waals surface area contributed by atoms with E-state index in [1.165, 1.54) is 6.07 Å². The number of methoxy groups -OCH3 is 1. The maximum Gasteiger partial charge on any atom is 0.131 e. The van der Waals surface area contributed by atoms with Crippen LogP contribution in [0.15, 0.2) is 49.1 Å². The Bertz CT molecular complexity index is 735. The van der Waals surface area contributed by atoms with Crippen molar-refractivity contribution in [3.63, 3.8) is 0 Å². The summed E-state index contributed by atoms with van der Waals surface area (Å²) >= 11 is 0. The van der Waals surface area contributed by atoms with E-state index in [9.17, 15) is 9.50 Å². The van der Waals surface area contributed by atoms with E-state index in [4.69, 9.17) is 4.74 Å². The molecule has 2 nitrogen and oxygen atoms in total. The maximum absolute atomic E-state index is 14.4. The van der Waals surface area contributed by atoms with Crippen LogP contribution in [0.2, 0.25) is 0 Å². The monoisotopic (exact) mass is 328 g/mol. The quantitative estimate of drug-likeness (QED) is 0.728. The third-order valence-corrected chi connectivity index (χ3v) is 4.51. The van der Waals surface area contributed by atoms with Crippen molar-refractivity contribution in [2.75, 3.05) is 7.11 Å². The lowest BCUT2D eigenvalue weighted by molar-refractivity contribution is 0.0826. The van der Waals surface area contributed by atoms with Gasteiger partial charge in [-0.15, -0.1) is 6.58 Å². The smallest absolute Gasteiger partial charge is 0.131 e. The Morgan fingerprint density at radius 3 is 2.50 bits per heavy atom. The Hall–Kier alpha value is -2.13. The molecule has 0 amide bonds. The van der Waals surface area contributed by atoms with Crippen LogP contribution in [0.3, 0.4) is 0 Å². The normalized spacial score (nSPS) is 12.8. The van der Waals surface area contributed by atoms with Crippen molar-refractivity contribution in [1.29, 1.82) is 0 Å². The molecule has 0 aliphatic carbocycles. The molecule has 2 aromatic carbocycles. The summed E-state index contributed by atoms with van der Waals surface area (Å²) in [4.78, 5) is 0. The van der Waals surface area contributed by atoms with Crippen molar-refractivity contribution in [1.82, 2.24) is 0 Å². The van der Waals surface area contributed by atoms with Crippen LogP contribution in [-0.2, 0) is 6.42 Å². The van der Waals surface area contributed by atoms with Gasteiger partial charge in [0.2, 0.25) is 0 Å². The molecule has 0 saturated carbocycles. The molecule has 1 N–H and O–H groups in total. The van der Waals surface area contributed by atoms with Crippen LogP contribution in [0.5, 0.6) is 5.75 Å². The van der Waals surface area contributed by atoms with Gasteiger partial charge in [0.1, 0.15) is 11.6 Å².